The molecule has 0 radical (unpaired) electrons. The van der Waals surface area contributed by atoms with Crippen LogP contribution in [0.2, 0.25) is 0 Å². The summed E-state index contributed by atoms with van der Waals surface area (Å²) in [5.74, 6) is 0.399. The van der Waals surface area contributed by atoms with Gasteiger partial charge in [-0.25, -0.2) is 4.52 Å². The van der Waals surface area contributed by atoms with Crippen LogP contribution in [0, 0.1) is 0 Å². The molecule has 7 nitrogen and oxygen atoms in total. The van der Waals surface area contributed by atoms with Crippen LogP contribution in [0.3, 0.4) is 0 Å². The van der Waals surface area contributed by atoms with E-state index in [0.29, 0.717) is 5.95 Å². The first kappa shape index (κ1) is 21.2. The number of pyridine rings is 1. The summed E-state index contributed by atoms with van der Waals surface area (Å²) in [6, 6.07) is 30.1. The molecule has 3 aromatic carbocycles. The van der Waals surface area contributed by atoms with Crippen molar-refractivity contribution in [2.45, 2.75) is 13.5 Å². The van der Waals surface area contributed by atoms with Gasteiger partial charge in [-0.3, -0.25) is 4.79 Å². The van der Waals surface area contributed by atoms with Crippen LogP contribution in [0.1, 0.15) is 12.5 Å². The molecule has 0 saturated carbocycles. The number of aromatic nitrogens is 3. The highest BCUT2D eigenvalue weighted by molar-refractivity contribution is 5.88. The van der Waals surface area contributed by atoms with Gasteiger partial charge < -0.3 is 16.0 Å². The van der Waals surface area contributed by atoms with Gasteiger partial charge in [-0.05, 0) is 59.7 Å². The highest BCUT2D eigenvalue weighted by atomic mass is 16.1. The van der Waals surface area contributed by atoms with Crippen LogP contribution in [0.15, 0.2) is 97.2 Å². The van der Waals surface area contributed by atoms with Gasteiger partial charge in [0.25, 0.3) is 0 Å². The lowest BCUT2D eigenvalue weighted by molar-refractivity contribution is -0.114. The van der Waals surface area contributed by atoms with E-state index in [-0.39, 0.29) is 5.91 Å². The van der Waals surface area contributed by atoms with Crippen LogP contribution in [0.25, 0.3) is 16.8 Å². The van der Waals surface area contributed by atoms with Gasteiger partial charge in [0.05, 0.1) is 0 Å². The lowest BCUT2D eigenvalue weighted by Gasteiger charge is -2.08. The minimum Gasteiger partial charge on any atom is -0.381 e. The average molecular weight is 449 g/mol. The molecule has 5 rings (SSSR count). The molecule has 0 atom stereocenters. The predicted molar refractivity (Wildman–Crippen MR) is 136 cm³/mol. The summed E-state index contributed by atoms with van der Waals surface area (Å²) in [5.41, 5.74) is 6.71. The van der Waals surface area contributed by atoms with Crippen LogP contribution in [-0.2, 0) is 11.3 Å². The number of rotatable bonds is 7. The van der Waals surface area contributed by atoms with Gasteiger partial charge in [0.1, 0.15) is 0 Å². The van der Waals surface area contributed by atoms with Gasteiger partial charge in [-0.15, -0.1) is 5.10 Å². The first-order valence-corrected chi connectivity index (χ1v) is 11.0. The molecule has 0 fully saturated rings. The Balaban J connectivity index is 1.32. The van der Waals surface area contributed by atoms with Crippen molar-refractivity contribution in [1.82, 2.24) is 14.6 Å². The van der Waals surface area contributed by atoms with Crippen LogP contribution >= 0.6 is 0 Å². The van der Waals surface area contributed by atoms with Crippen molar-refractivity contribution in [3.05, 3.63) is 103 Å². The molecule has 168 valence electrons. The number of anilines is 4. The number of fused-ring (bicyclic) bond motifs is 1. The van der Waals surface area contributed by atoms with Crippen molar-refractivity contribution in [3.63, 3.8) is 0 Å². The summed E-state index contributed by atoms with van der Waals surface area (Å²) >= 11 is 0. The summed E-state index contributed by atoms with van der Waals surface area (Å²) in [6.07, 6.45) is 1.88. The third kappa shape index (κ3) is 4.88. The molecule has 2 heterocycles. The molecule has 7 heteroatoms. The molecule has 0 aliphatic carbocycles. The van der Waals surface area contributed by atoms with Crippen molar-refractivity contribution in [2.24, 2.45) is 0 Å². The second-order valence-electron chi connectivity index (χ2n) is 7.93. The van der Waals surface area contributed by atoms with E-state index in [9.17, 15) is 4.79 Å². The molecule has 1 amide bonds. The molecule has 0 saturated heterocycles. The smallest absolute Gasteiger partial charge is 0.247 e. The summed E-state index contributed by atoms with van der Waals surface area (Å²) < 4.78 is 1.77. The lowest BCUT2D eigenvalue weighted by atomic mass is 10.1. The Morgan fingerprint density at radius 2 is 1.53 bits per heavy atom. The van der Waals surface area contributed by atoms with Crippen LogP contribution in [0.4, 0.5) is 23.0 Å². The van der Waals surface area contributed by atoms with Crippen molar-refractivity contribution < 1.29 is 4.79 Å². The maximum absolute atomic E-state index is 11.2. The van der Waals surface area contributed by atoms with Gasteiger partial charge >= 0.3 is 0 Å². The number of amides is 1. The van der Waals surface area contributed by atoms with Gasteiger partial charge in [0, 0.05) is 42.3 Å². The number of nitrogens with zero attached hydrogens (tertiary/aromatic N) is 3. The van der Waals surface area contributed by atoms with E-state index < -0.39 is 0 Å². The molecule has 0 aliphatic rings. The molecule has 0 unspecified atom stereocenters. The predicted octanol–water partition coefficient (Wildman–Crippen LogP) is 5.71. The van der Waals surface area contributed by atoms with Gasteiger partial charge in [0.15, 0.2) is 5.65 Å². The Hall–Kier alpha value is -4.65. The van der Waals surface area contributed by atoms with E-state index >= 15 is 0 Å². The zero-order chi connectivity index (χ0) is 23.3. The molecular weight excluding hydrogens is 424 g/mol. The number of hydrogen-bond donors (Lipinski definition) is 3. The number of carbonyl (C=O) groups is 1. The Labute approximate surface area is 197 Å². The van der Waals surface area contributed by atoms with E-state index in [4.69, 9.17) is 4.98 Å². The molecule has 0 aliphatic heterocycles. The van der Waals surface area contributed by atoms with E-state index in [1.807, 2.05) is 60.8 Å². The minimum atomic E-state index is -0.102. The van der Waals surface area contributed by atoms with Crippen molar-refractivity contribution in [3.8, 4) is 11.1 Å². The van der Waals surface area contributed by atoms with Crippen LogP contribution < -0.4 is 16.0 Å². The van der Waals surface area contributed by atoms with Crippen LogP contribution in [-0.4, -0.2) is 20.5 Å². The maximum Gasteiger partial charge on any atom is 0.247 e. The van der Waals surface area contributed by atoms with Gasteiger partial charge in [0.2, 0.25) is 11.9 Å². The zero-order valence-corrected chi connectivity index (χ0v) is 18.7. The highest BCUT2D eigenvalue weighted by Crippen LogP contribution is 2.26. The fourth-order valence-electron chi connectivity index (χ4n) is 3.72. The second kappa shape index (κ2) is 9.46. The number of hydrogen-bond acceptors (Lipinski definition) is 5. The summed E-state index contributed by atoms with van der Waals surface area (Å²) in [6.45, 7) is 2.26. The molecule has 5 aromatic rings. The third-order valence-corrected chi connectivity index (χ3v) is 5.36. The fraction of sp³-hybridized carbons (Fsp3) is 0.0741. The quantitative estimate of drug-likeness (QED) is 0.297. The number of carbonyl (C=O) groups excluding carboxylic acids is 1. The normalized spacial score (nSPS) is 10.7. The Kier molecular flexibility index (Phi) is 5.90. The first-order chi connectivity index (χ1) is 16.6. The molecule has 0 spiro atoms. The van der Waals surface area contributed by atoms with Crippen molar-refractivity contribution >= 4 is 34.6 Å². The molecule has 34 heavy (non-hydrogen) atoms. The summed E-state index contributed by atoms with van der Waals surface area (Å²) in [7, 11) is 0. The average Bonchev–Trinajstić information content (AvgIpc) is 3.27. The second-order valence-corrected chi connectivity index (χ2v) is 7.93. The monoisotopic (exact) mass is 448 g/mol. The minimum absolute atomic E-state index is 0.102. The molecule has 0 bridgehead atoms. The summed E-state index contributed by atoms with van der Waals surface area (Å²) in [5, 5.41) is 14.0. The first-order valence-electron chi connectivity index (χ1n) is 11.0. The van der Waals surface area contributed by atoms with Crippen molar-refractivity contribution in [2.75, 3.05) is 16.0 Å². The van der Waals surface area contributed by atoms with Gasteiger partial charge in [-0.1, -0.05) is 42.5 Å². The third-order valence-electron chi connectivity index (χ3n) is 5.36. The Morgan fingerprint density at radius 3 is 2.26 bits per heavy atom. The number of benzene rings is 3. The maximum atomic E-state index is 11.2. The fourth-order valence-corrected chi connectivity index (χ4v) is 3.72. The standard InChI is InChI=1S/C27H24N6O/c1-19(34)29-23-13-15-24(16-14-23)30-27-31-26-25(8-5-17-33(26)32-27)21-9-11-22(12-10-21)28-18-20-6-3-2-4-7-20/h2-17,28H,18H2,1H3,(H,29,34)(H,30,32). The molecular formula is C27H24N6O. The van der Waals surface area contributed by atoms with Gasteiger partial charge in [-0.2, -0.15) is 4.98 Å². The SMILES string of the molecule is CC(=O)Nc1ccc(Nc2nc3c(-c4ccc(NCc5ccccc5)cc4)cccn3n2)cc1. The van der Waals surface area contributed by atoms with Crippen LogP contribution in [0.5, 0.6) is 0 Å². The zero-order valence-electron chi connectivity index (χ0n) is 18.7. The van der Waals surface area contributed by atoms with E-state index in [2.05, 4.69) is 57.4 Å². The molecule has 2 aromatic heterocycles. The Bertz CT molecular complexity index is 1410. The Morgan fingerprint density at radius 1 is 0.824 bits per heavy atom. The highest BCUT2D eigenvalue weighted by Gasteiger charge is 2.10. The van der Waals surface area contributed by atoms with E-state index in [1.54, 1.807) is 4.52 Å². The largest absolute Gasteiger partial charge is 0.381 e. The number of nitrogens with one attached hydrogen (secondary N) is 3. The van der Waals surface area contributed by atoms with E-state index in [0.717, 1.165) is 40.4 Å². The van der Waals surface area contributed by atoms with E-state index in [1.165, 1.54) is 12.5 Å². The molecule has 3 N–H and O–H groups in total. The topological polar surface area (TPSA) is 83.3 Å². The van der Waals surface area contributed by atoms with Crippen molar-refractivity contribution in [1.29, 1.82) is 0 Å². The summed E-state index contributed by atoms with van der Waals surface area (Å²) in [4.78, 5) is 15.9. The lowest BCUT2D eigenvalue weighted by Crippen LogP contribution is -2.05.